The number of halogens is 1. The zero-order valence-electron chi connectivity index (χ0n) is 23.2. The molecule has 5 rings (SSSR count). The Hall–Kier alpha value is -3.20. The predicted molar refractivity (Wildman–Crippen MR) is 167 cm³/mol. The van der Waals surface area contributed by atoms with E-state index in [-0.39, 0.29) is 29.1 Å². The van der Waals surface area contributed by atoms with Gasteiger partial charge in [0, 0.05) is 23.5 Å². The van der Waals surface area contributed by atoms with Crippen LogP contribution in [0.4, 0.5) is 5.13 Å². The highest BCUT2D eigenvalue weighted by Gasteiger charge is 2.32. The number of rotatable bonds is 6. The van der Waals surface area contributed by atoms with Crippen molar-refractivity contribution in [1.82, 2.24) is 4.98 Å². The van der Waals surface area contributed by atoms with Crippen LogP contribution in [0.25, 0.3) is 11.3 Å². The minimum Gasteiger partial charge on any atom is -0.497 e. The fourth-order valence-corrected chi connectivity index (χ4v) is 4.97. The lowest BCUT2D eigenvalue weighted by atomic mass is 9.98. The van der Waals surface area contributed by atoms with E-state index in [2.05, 4.69) is 66.7 Å². The molecule has 1 aliphatic rings. The van der Waals surface area contributed by atoms with Crippen LogP contribution < -0.4 is 14.5 Å². The van der Waals surface area contributed by atoms with Crippen LogP contribution in [0.2, 0.25) is 0 Å². The number of aromatic nitrogens is 1. The van der Waals surface area contributed by atoms with Gasteiger partial charge in [-0.25, -0.2) is 9.99 Å². The van der Waals surface area contributed by atoms with E-state index in [1.807, 2.05) is 24.3 Å². The zero-order chi connectivity index (χ0) is 27.2. The molecular formula is C31H36BrN3O3S. The van der Waals surface area contributed by atoms with Gasteiger partial charge in [0.25, 0.3) is 0 Å². The number of nitrogens with zero attached hydrogens (tertiary/aromatic N) is 3. The third kappa shape index (κ3) is 7.47. The van der Waals surface area contributed by atoms with Crippen LogP contribution in [0, 0.1) is 13.8 Å². The molecule has 0 amide bonds. The lowest BCUT2D eigenvalue weighted by Gasteiger charge is -2.21. The van der Waals surface area contributed by atoms with Gasteiger partial charge >= 0.3 is 0 Å². The first-order valence-corrected chi connectivity index (χ1v) is 13.5. The maximum absolute atomic E-state index is 8.06. The summed E-state index contributed by atoms with van der Waals surface area (Å²) in [5.41, 5.74) is 7.96. The standard InChI is InChI=1S/C28H27N3O2S.C3H8O.BrH/c1-18-5-6-22(15-19(18)2)26-17-34-28(29-26)31-27(21-9-13-24(33-4)14-10-21)16-25(30-31)20-7-11-23(32-3)12-8-20;1-3(2)4;/h5-15,17,27H,16H2,1-4H3;3-4H,1-2H3;1H. The van der Waals surface area contributed by atoms with Crippen LogP contribution in [-0.2, 0) is 0 Å². The number of thiazole rings is 1. The van der Waals surface area contributed by atoms with Crippen molar-refractivity contribution in [2.75, 3.05) is 19.2 Å². The van der Waals surface area contributed by atoms with E-state index in [9.17, 15) is 0 Å². The Morgan fingerprint density at radius 1 is 0.872 bits per heavy atom. The third-order valence-corrected chi connectivity index (χ3v) is 7.16. The number of aryl methyl sites for hydroxylation is 2. The normalized spacial score (nSPS) is 14.3. The molecule has 0 spiro atoms. The average Bonchev–Trinajstić information content (AvgIpc) is 3.58. The molecule has 1 aromatic heterocycles. The largest absolute Gasteiger partial charge is 0.497 e. The summed E-state index contributed by atoms with van der Waals surface area (Å²) in [6, 6.07) is 22.9. The molecule has 0 aliphatic carbocycles. The molecule has 0 saturated carbocycles. The summed E-state index contributed by atoms with van der Waals surface area (Å²) in [7, 11) is 3.37. The first-order valence-electron chi connectivity index (χ1n) is 12.7. The predicted octanol–water partition coefficient (Wildman–Crippen LogP) is 7.76. The Labute approximate surface area is 245 Å². The number of hydrogen-bond acceptors (Lipinski definition) is 7. The number of hydrogen-bond donors (Lipinski definition) is 1. The maximum Gasteiger partial charge on any atom is 0.207 e. The van der Waals surface area contributed by atoms with Crippen LogP contribution in [0.1, 0.15) is 48.6 Å². The molecular weight excluding hydrogens is 574 g/mol. The van der Waals surface area contributed by atoms with Crippen LogP contribution in [0.15, 0.2) is 77.2 Å². The Bertz CT molecular complexity index is 1380. The second kappa shape index (κ2) is 13.7. The molecule has 0 fully saturated rings. The van der Waals surface area contributed by atoms with Crippen LogP contribution in [0.5, 0.6) is 11.5 Å². The molecule has 0 saturated heterocycles. The van der Waals surface area contributed by atoms with Crippen molar-refractivity contribution in [3.63, 3.8) is 0 Å². The van der Waals surface area contributed by atoms with Gasteiger partial charge in [-0.2, -0.15) is 5.10 Å². The minimum atomic E-state index is -0.167. The minimum absolute atomic E-state index is 0. The van der Waals surface area contributed by atoms with E-state index < -0.39 is 0 Å². The van der Waals surface area contributed by atoms with Crippen LogP contribution in [-0.4, -0.2) is 36.1 Å². The van der Waals surface area contributed by atoms with Crippen molar-refractivity contribution in [1.29, 1.82) is 0 Å². The van der Waals surface area contributed by atoms with Gasteiger partial charge in [0.2, 0.25) is 5.13 Å². The molecule has 8 heteroatoms. The van der Waals surface area contributed by atoms with Gasteiger partial charge in [0.15, 0.2) is 0 Å². The number of anilines is 1. The molecule has 1 atom stereocenters. The van der Waals surface area contributed by atoms with Crippen molar-refractivity contribution in [2.24, 2.45) is 5.10 Å². The van der Waals surface area contributed by atoms with Crippen molar-refractivity contribution >= 4 is 39.2 Å². The van der Waals surface area contributed by atoms with Gasteiger partial charge in [-0.3, -0.25) is 0 Å². The van der Waals surface area contributed by atoms with Crippen LogP contribution >= 0.6 is 28.3 Å². The molecule has 0 radical (unpaired) electrons. The highest BCUT2D eigenvalue weighted by Crippen LogP contribution is 2.40. The van der Waals surface area contributed by atoms with Crippen molar-refractivity contribution < 1.29 is 14.6 Å². The Kier molecular flexibility index (Phi) is 10.7. The van der Waals surface area contributed by atoms with Gasteiger partial charge in [-0.1, -0.05) is 24.3 Å². The number of aliphatic hydroxyl groups is 1. The Morgan fingerprint density at radius 2 is 1.44 bits per heavy atom. The molecule has 1 unspecified atom stereocenters. The summed E-state index contributed by atoms with van der Waals surface area (Å²) in [6.45, 7) is 7.71. The Morgan fingerprint density at radius 3 is 2.00 bits per heavy atom. The molecule has 3 aromatic carbocycles. The number of aliphatic hydroxyl groups excluding tert-OH is 1. The molecule has 206 valence electrons. The summed E-state index contributed by atoms with van der Waals surface area (Å²) in [6.07, 6.45) is 0.622. The monoisotopic (exact) mass is 609 g/mol. The van der Waals surface area contributed by atoms with Gasteiger partial charge in [0.05, 0.1) is 31.7 Å². The fourth-order valence-electron chi connectivity index (χ4n) is 4.13. The van der Waals surface area contributed by atoms with E-state index in [4.69, 9.17) is 24.7 Å². The molecule has 1 aliphatic heterocycles. The quantitative estimate of drug-likeness (QED) is 0.242. The summed E-state index contributed by atoms with van der Waals surface area (Å²) < 4.78 is 10.7. The molecule has 0 bridgehead atoms. The fraction of sp³-hybridized carbons (Fsp3) is 0.290. The second-order valence-electron chi connectivity index (χ2n) is 9.52. The van der Waals surface area contributed by atoms with Crippen molar-refractivity contribution in [2.45, 2.75) is 46.3 Å². The highest BCUT2D eigenvalue weighted by molar-refractivity contribution is 8.93. The smallest absolute Gasteiger partial charge is 0.207 e. The summed E-state index contributed by atoms with van der Waals surface area (Å²) in [5.74, 6) is 1.68. The van der Waals surface area contributed by atoms with E-state index in [1.54, 1.807) is 39.4 Å². The first-order chi connectivity index (χ1) is 18.3. The van der Waals surface area contributed by atoms with Gasteiger partial charge < -0.3 is 14.6 Å². The summed E-state index contributed by atoms with van der Waals surface area (Å²) in [5, 5.41) is 18.2. The number of ether oxygens (including phenoxy) is 2. The highest BCUT2D eigenvalue weighted by atomic mass is 79.9. The molecule has 39 heavy (non-hydrogen) atoms. The van der Waals surface area contributed by atoms with Gasteiger partial charge in [0.1, 0.15) is 11.5 Å². The van der Waals surface area contributed by atoms with Gasteiger partial charge in [-0.15, -0.1) is 28.3 Å². The van der Waals surface area contributed by atoms with Crippen LogP contribution in [0.3, 0.4) is 0 Å². The van der Waals surface area contributed by atoms with E-state index >= 15 is 0 Å². The lowest BCUT2D eigenvalue weighted by Crippen LogP contribution is -2.18. The second-order valence-corrected chi connectivity index (χ2v) is 10.4. The lowest BCUT2D eigenvalue weighted by molar-refractivity contribution is 0.216. The molecule has 6 nitrogen and oxygen atoms in total. The summed E-state index contributed by atoms with van der Waals surface area (Å²) in [4.78, 5) is 4.99. The first kappa shape index (κ1) is 30.3. The van der Waals surface area contributed by atoms with Crippen molar-refractivity contribution in [3.05, 3.63) is 94.4 Å². The maximum atomic E-state index is 8.06. The third-order valence-electron chi connectivity index (χ3n) is 6.32. The SMILES string of the molecule is Br.CC(C)O.COc1ccc(C2=NN(c3nc(-c4ccc(C)c(C)c4)cs3)C(c3ccc(OC)cc3)C2)cc1. The molecule has 1 N–H and O–H groups in total. The molecule has 2 heterocycles. The average molecular weight is 611 g/mol. The van der Waals surface area contributed by atoms with Crippen molar-refractivity contribution in [3.8, 4) is 22.8 Å². The molecule has 4 aromatic rings. The Balaban J connectivity index is 0.000000788. The van der Waals surface area contributed by atoms with E-state index in [1.165, 1.54) is 16.7 Å². The number of hydrazone groups is 1. The zero-order valence-corrected chi connectivity index (χ0v) is 25.7. The topological polar surface area (TPSA) is 67.2 Å². The number of methoxy groups -OCH3 is 2. The summed E-state index contributed by atoms with van der Waals surface area (Å²) >= 11 is 1.62. The number of benzene rings is 3. The van der Waals surface area contributed by atoms with E-state index in [0.717, 1.165) is 45.6 Å². The van der Waals surface area contributed by atoms with Gasteiger partial charge in [-0.05, 0) is 92.4 Å². The van der Waals surface area contributed by atoms with E-state index in [0.29, 0.717) is 0 Å².